The maximum absolute atomic E-state index is 12.4. The number of nitrogens with one attached hydrogen (secondary N) is 1. The second-order valence-corrected chi connectivity index (χ2v) is 12.2. The Morgan fingerprint density at radius 3 is 2.55 bits per heavy atom. The number of benzene rings is 2. The molecule has 216 valence electrons. The van der Waals surface area contributed by atoms with Crippen LogP contribution >= 0.6 is 0 Å². The third-order valence-corrected chi connectivity index (χ3v) is 8.08. The van der Waals surface area contributed by atoms with E-state index in [9.17, 15) is 19.1 Å². The third-order valence-electron chi connectivity index (χ3n) is 6.54. The molecule has 1 aliphatic heterocycles. The lowest BCUT2D eigenvalue weighted by atomic mass is 10.0. The molecule has 11 heteroatoms. The minimum Gasteiger partial charge on any atom is -0.497 e. The van der Waals surface area contributed by atoms with Gasteiger partial charge in [-0.2, -0.15) is 0 Å². The molecule has 2 aliphatic rings. The molecule has 3 atom stereocenters. The number of carbonyl (C=O) groups is 1. The molecule has 3 N–H and O–H groups in total. The molecule has 1 aliphatic carbocycles. The number of fused-ring (bicyclic) bond motifs is 1. The Morgan fingerprint density at radius 1 is 1.20 bits per heavy atom. The third kappa shape index (κ3) is 8.90. The van der Waals surface area contributed by atoms with Crippen LogP contribution in [-0.4, -0.2) is 45.9 Å². The first kappa shape index (κ1) is 30.8. The van der Waals surface area contributed by atoms with Gasteiger partial charge in [0.1, 0.15) is 17.7 Å². The standard InChI is InChI=1S/C22H31N3O3S.C7H7NO3/c1-22(2,3)25-21(13-18(23)15-9-10-16(12-15)28-14-26)24-19-7-4-8-20-17(19)6-5-11-29(20)27;1-11-7-4-2-6(3-5-7)8(9)10/h4,7-8,13-16H,5-6,9-12,23H2,1-3H3,(H,24,25);2-5H,1H3/b18-13-;. The highest BCUT2D eigenvalue weighted by atomic mass is 32.2. The molecule has 2 aromatic rings. The number of nitro groups is 1. The van der Waals surface area contributed by atoms with E-state index in [1.807, 2.05) is 45.0 Å². The number of nitrogens with zero attached hydrogens (tertiary/aromatic N) is 2. The normalized spacial score (nSPS) is 20.9. The summed E-state index contributed by atoms with van der Waals surface area (Å²) in [5.74, 6) is 2.21. The van der Waals surface area contributed by atoms with E-state index in [0.29, 0.717) is 18.1 Å². The van der Waals surface area contributed by atoms with Gasteiger partial charge >= 0.3 is 0 Å². The Balaban J connectivity index is 0.000000336. The molecule has 3 unspecified atom stereocenters. The number of hydrogen-bond acceptors (Lipinski definition) is 8. The van der Waals surface area contributed by atoms with Crippen LogP contribution in [0.5, 0.6) is 5.75 Å². The molecule has 0 bridgehead atoms. The highest BCUT2D eigenvalue weighted by molar-refractivity contribution is 7.85. The van der Waals surface area contributed by atoms with Gasteiger partial charge in [-0.3, -0.25) is 24.1 Å². The van der Waals surface area contributed by atoms with Crippen molar-refractivity contribution in [2.45, 2.75) is 69.4 Å². The van der Waals surface area contributed by atoms with Crippen molar-refractivity contribution in [3.8, 4) is 5.75 Å². The monoisotopic (exact) mass is 570 g/mol. The molecule has 0 aromatic heterocycles. The Bertz CT molecular complexity index is 1270. The van der Waals surface area contributed by atoms with Crippen LogP contribution in [-0.2, 0) is 26.8 Å². The zero-order valence-corrected chi connectivity index (χ0v) is 24.2. The van der Waals surface area contributed by atoms with Crippen LogP contribution in [0.25, 0.3) is 0 Å². The van der Waals surface area contributed by atoms with Gasteiger partial charge in [-0.1, -0.05) is 6.07 Å². The van der Waals surface area contributed by atoms with Gasteiger partial charge in [-0.05, 0) is 88.8 Å². The fourth-order valence-corrected chi connectivity index (χ4v) is 6.01. The van der Waals surface area contributed by atoms with Crippen molar-refractivity contribution in [1.29, 1.82) is 0 Å². The van der Waals surface area contributed by atoms with E-state index in [1.165, 1.54) is 19.2 Å². The van der Waals surface area contributed by atoms with Crippen molar-refractivity contribution >= 4 is 34.5 Å². The van der Waals surface area contributed by atoms with Crippen molar-refractivity contribution < 1.29 is 23.4 Å². The first-order valence-corrected chi connectivity index (χ1v) is 14.5. The van der Waals surface area contributed by atoms with Crippen LogP contribution < -0.4 is 15.8 Å². The predicted molar refractivity (Wildman–Crippen MR) is 157 cm³/mol. The van der Waals surface area contributed by atoms with Crippen molar-refractivity contribution in [3.05, 3.63) is 69.9 Å². The zero-order valence-electron chi connectivity index (χ0n) is 23.4. The summed E-state index contributed by atoms with van der Waals surface area (Å²) in [6, 6.07) is 11.8. The van der Waals surface area contributed by atoms with Gasteiger partial charge in [-0.25, -0.2) is 0 Å². The molecule has 1 heterocycles. The summed E-state index contributed by atoms with van der Waals surface area (Å²) in [6.45, 7) is 6.64. The minimum absolute atomic E-state index is 0.0588. The maximum atomic E-state index is 12.4. The van der Waals surface area contributed by atoms with Crippen LogP contribution in [0.2, 0.25) is 0 Å². The number of amidine groups is 1. The molecule has 0 amide bonds. The van der Waals surface area contributed by atoms with Crippen molar-refractivity contribution in [2.75, 3.05) is 18.2 Å². The average Bonchev–Trinajstić information content (AvgIpc) is 3.38. The van der Waals surface area contributed by atoms with E-state index in [4.69, 9.17) is 20.2 Å². The van der Waals surface area contributed by atoms with Gasteiger partial charge in [0, 0.05) is 40.1 Å². The van der Waals surface area contributed by atoms with Crippen molar-refractivity contribution in [1.82, 2.24) is 0 Å². The van der Waals surface area contributed by atoms with Gasteiger partial charge in [0.25, 0.3) is 12.2 Å². The number of methoxy groups -OCH3 is 1. The number of allylic oxidation sites excluding steroid dienone is 1. The number of aliphatic imine (C=N–C) groups is 1. The highest BCUT2D eigenvalue weighted by Crippen LogP contribution is 2.32. The van der Waals surface area contributed by atoms with E-state index in [-0.39, 0.29) is 23.2 Å². The van der Waals surface area contributed by atoms with Crippen molar-refractivity contribution in [3.63, 3.8) is 0 Å². The second kappa shape index (κ2) is 14.1. The lowest BCUT2D eigenvalue weighted by Gasteiger charge is -2.22. The molecule has 1 saturated carbocycles. The van der Waals surface area contributed by atoms with Gasteiger partial charge in [0.15, 0.2) is 0 Å². The van der Waals surface area contributed by atoms with Gasteiger partial charge in [0.2, 0.25) is 0 Å². The SMILES string of the molecule is CC(C)(C)N=C(/C=C(\N)C1CCC(OC=O)C1)Nc1cccc2c1CCCS2=O.COc1ccc([N+](=O)[O-])cc1. The second-order valence-electron chi connectivity index (χ2n) is 10.7. The minimum atomic E-state index is -0.940. The van der Waals surface area contributed by atoms with Crippen LogP contribution in [0.4, 0.5) is 11.4 Å². The molecule has 40 heavy (non-hydrogen) atoms. The molecule has 1 fully saturated rings. The lowest BCUT2D eigenvalue weighted by molar-refractivity contribution is -0.384. The molecule has 0 saturated heterocycles. The number of nitrogens with two attached hydrogens (primary N) is 1. The molecular formula is C29H38N4O6S. The van der Waals surface area contributed by atoms with Gasteiger partial charge in [-0.15, -0.1) is 0 Å². The summed E-state index contributed by atoms with van der Waals surface area (Å²) >= 11 is 0. The molecule has 0 spiro atoms. The Hall–Kier alpha value is -3.73. The first-order chi connectivity index (χ1) is 19.0. The van der Waals surface area contributed by atoms with E-state index in [0.717, 1.165) is 59.7 Å². The van der Waals surface area contributed by atoms with Crippen LogP contribution in [0, 0.1) is 16.0 Å². The predicted octanol–water partition coefficient (Wildman–Crippen LogP) is 5.14. The molecule has 4 rings (SSSR count). The Morgan fingerprint density at radius 2 is 1.93 bits per heavy atom. The first-order valence-electron chi connectivity index (χ1n) is 13.2. The van der Waals surface area contributed by atoms with Crippen LogP contribution in [0.15, 0.2) is 64.1 Å². The van der Waals surface area contributed by atoms with Crippen molar-refractivity contribution in [2.24, 2.45) is 16.6 Å². The van der Waals surface area contributed by atoms with E-state index < -0.39 is 15.7 Å². The van der Waals surface area contributed by atoms with E-state index in [2.05, 4.69) is 5.32 Å². The number of non-ortho nitro benzene ring substituents is 1. The topological polar surface area (TPSA) is 146 Å². The van der Waals surface area contributed by atoms with Gasteiger partial charge in [0.05, 0.1) is 28.4 Å². The van der Waals surface area contributed by atoms with Gasteiger partial charge < -0.3 is 20.5 Å². The summed E-state index contributed by atoms with van der Waals surface area (Å²) < 4.78 is 22.3. The number of hydrogen-bond donors (Lipinski definition) is 2. The highest BCUT2D eigenvalue weighted by Gasteiger charge is 2.28. The van der Waals surface area contributed by atoms with Crippen LogP contribution in [0.3, 0.4) is 0 Å². The number of anilines is 1. The molecule has 0 radical (unpaired) electrons. The number of carbonyl (C=O) groups excluding carboxylic acids is 1. The molecule has 2 aromatic carbocycles. The summed E-state index contributed by atoms with van der Waals surface area (Å²) in [5, 5.41) is 13.6. The largest absolute Gasteiger partial charge is 0.497 e. The zero-order chi connectivity index (χ0) is 29.3. The van der Waals surface area contributed by atoms with E-state index >= 15 is 0 Å². The fraction of sp³-hybridized carbons (Fsp3) is 0.448. The Labute approximate surface area is 237 Å². The lowest BCUT2D eigenvalue weighted by Crippen LogP contribution is -2.23. The average molecular weight is 571 g/mol. The summed E-state index contributed by atoms with van der Waals surface area (Å²) in [7, 11) is 0.575. The summed E-state index contributed by atoms with van der Waals surface area (Å²) in [6.07, 6.45) is 6.12. The maximum Gasteiger partial charge on any atom is 0.293 e. The number of ether oxygens (including phenoxy) is 2. The number of rotatable bonds is 7. The summed E-state index contributed by atoms with van der Waals surface area (Å²) in [4.78, 5) is 26.1. The Kier molecular flexibility index (Phi) is 10.8. The smallest absolute Gasteiger partial charge is 0.293 e. The number of nitro benzene ring substituents is 1. The summed E-state index contributed by atoms with van der Waals surface area (Å²) in [5.41, 5.74) is 9.00. The van der Waals surface area contributed by atoms with Crippen LogP contribution in [0.1, 0.15) is 52.0 Å². The van der Waals surface area contributed by atoms with E-state index in [1.54, 1.807) is 12.1 Å². The molecule has 10 nitrogen and oxygen atoms in total. The molecular weight excluding hydrogens is 532 g/mol. The quantitative estimate of drug-likeness (QED) is 0.153. The fourth-order valence-electron chi connectivity index (χ4n) is 4.66.